The Morgan fingerprint density at radius 2 is 0.750 bits per heavy atom. The first-order chi connectivity index (χ1) is 30.3. The fourth-order valence-electron chi connectivity index (χ4n) is 7.73. The molecule has 372 valence electrons. The summed E-state index contributed by atoms with van der Waals surface area (Å²) in [6, 6.07) is 0. The molecule has 0 spiro atoms. The zero-order chi connectivity index (χ0) is 47.3. The monoisotopic (exact) mass is 941 g/mol. The molecule has 0 amide bonds. The molecule has 5 rings (SSSR count). The lowest BCUT2D eigenvalue weighted by Crippen LogP contribution is -2.68. The number of carbonyl (C=O) groups is 2. The van der Waals surface area contributed by atoms with Crippen molar-refractivity contribution in [3.63, 3.8) is 0 Å². The highest BCUT2D eigenvalue weighted by atomic mass is 16.8. The summed E-state index contributed by atoms with van der Waals surface area (Å²) in [6.07, 6.45) is -47.8. The van der Waals surface area contributed by atoms with Gasteiger partial charge in [-0.2, -0.15) is 0 Å². The van der Waals surface area contributed by atoms with Crippen LogP contribution in [-0.2, 0) is 57.0 Å². The van der Waals surface area contributed by atoms with E-state index in [1.807, 2.05) is 0 Å². The zero-order valence-electron chi connectivity index (χ0n) is 33.7. The molecule has 5 aliphatic rings. The average molecular weight is 942 g/mol. The van der Waals surface area contributed by atoms with Gasteiger partial charge in [0.25, 0.3) is 0 Å². The Hall–Kier alpha value is -2.06. The second-order valence-electron chi connectivity index (χ2n) is 15.7. The number of unbranched alkanes of at least 4 members (excludes halogenated alkanes) is 2. The van der Waals surface area contributed by atoms with Gasteiger partial charge in [0, 0.05) is 6.61 Å². The van der Waals surface area contributed by atoms with Crippen molar-refractivity contribution in [3.8, 4) is 0 Å². The van der Waals surface area contributed by atoms with Crippen molar-refractivity contribution in [1.82, 2.24) is 0 Å². The molecular formula is C35H59NO28. The molecule has 5 aliphatic heterocycles. The van der Waals surface area contributed by atoms with E-state index < -0.39 is 185 Å². The van der Waals surface area contributed by atoms with Crippen LogP contribution < -0.4 is 5.73 Å². The topological polar surface area (TPSA) is 476 Å². The van der Waals surface area contributed by atoms with Gasteiger partial charge in [-0.3, -0.25) is 0 Å². The van der Waals surface area contributed by atoms with Gasteiger partial charge in [0.05, 0.1) is 19.8 Å². The predicted molar refractivity (Wildman–Crippen MR) is 194 cm³/mol. The molecule has 0 aliphatic carbocycles. The fraction of sp³-hybridized carbons (Fsp3) is 0.943. The maximum absolute atomic E-state index is 12.1. The average Bonchev–Trinajstić information content (AvgIpc) is 3.26. The van der Waals surface area contributed by atoms with E-state index in [1.54, 1.807) is 0 Å². The van der Waals surface area contributed by atoms with Crippen molar-refractivity contribution in [2.45, 2.75) is 173 Å². The number of hydrogen-bond acceptors (Lipinski definition) is 27. The first-order valence-corrected chi connectivity index (χ1v) is 20.3. The molecule has 5 heterocycles. The predicted octanol–water partition coefficient (Wildman–Crippen LogP) is -10.6. The highest BCUT2D eigenvalue weighted by Gasteiger charge is 2.57. The van der Waals surface area contributed by atoms with Crippen molar-refractivity contribution in [3.05, 3.63) is 0 Å². The number of ether oxygens (including phenoxy) is 10. The van der Waals surface area contributed by atoms with Crippen LogP contribution in [0.5, 0.6) is 0 Å². The number of aliphatic hydroxyl groups is 14. The minimum absolute atomic E-state index is 0.0147. The molecule has 5 fully saturated rings. The third-order valence-electron chi connectivity index (χ3n) is 11.4. The lowest BCUT2D eigenvalue weighted by molar-refractivity contribution is -0.392. The van der Waals surface area contributed by atoms with Crippen molar-refractivity contribution >= 4 is 11.9 Å². The molecule has 0 aromatic carbocycles. The van der Waals surface area contributed by atoms with Crippen molar-refractivity contribution in [2.24, 2.45) is 5.73 Å². The van der Waals surface area contributed by atoms with Crippen molar-refractivity contribution in [2.75, 3.05) is 33.0 Å². The fourth-order valence-corrected chi connectivity index (χ4v) is 7.73. The lowest BCUT2D eigenvalue weighted by atomic mass is 9.95. The number of carboxylic acids is 2. The normalized spacial score (nSPS) is 47.9. The molecule has 0 aromatic heterocycles. The minimum Gasteiger partial charge on any atom is -0.479 e. The molecule has 25 atom stereocenters. The Bertz CT molecular complexity index is 1470. The smallest absolute Gasteiger partial charge is 0.335 e. The molecule has 0 aromatic rings. The van der Waals surface area contributed by atoms with Crippen LogP contribution in [0.1, 0.15) is 19.3 Å². The highest BCUT2D eigenvalue weighted by Crippen LogP contribution is 2.36. The number of nitrogens with two attached hydrogens (primary N) is 1. The van der Waals surface area contributed by atoms with Crippen LogP contribution in [0.15, 0.2) is 0 Å². The Labute approximate surface area is 362 Å². The van der Waals surface area contributed by atoms with Crippen LogP contribution in [0.25, 0.3) is 0 Å². The third-order valence-corrected chi connectivity index (χ3v) is 11.4. The minimum atomic E-state index is -2.18. The van der Waals surface area contributed by atoms with Crippen LogP contribution in [0.3, 0.4) is 0 Å². The van der Waals surface area contributed by atoms with Crippen molar-refractivity contribution < 1.29 is 139 Å². The van der Waals surface area contributed by atoms with Gasteiger partial charge in [0.1, 0.15) is 110 Å². The Balaban J connectivity index is 1.21. The first-order valence-electron chi connectivity index (χ1n) is 20.3. The molecular weight excluding hydrogens is 882 g/mol. The van der Waals surface area contributed by atoms with E-state index in [9.17, 15) is 91.3 Å². The van der Waals surface area contributed by atoms with E-state index in [-0.39, 0.29) is 6.61 Å². The van der Waals surface area contributed by atoms with Gasteiger partial charge < -0.3 is 135 Å². The summed E-state index contributed by atoms with van der Waals surface area (Å²) in [4.78, 5) is 23.7. The molecule has 29 nitrogen and oxygen atoms in total. The molecule has 0 radical (unpaired) electrons. The summed E-state index contributed by atoms with van der Waals surface area (Å²) in [5.41, 5.74) is 5.46. The molecule has 0 saturated carbocycles. The van der Waals surface area contributed by atoms with E-state index in [4.69, 9.17) is 53.1 Å². The number of aliphatic carboxylic acids is 2. The summed E-state index contributed by atoms with van der Waals surface area (Å²) in [6.45, 7) is -2.63. The van der Waals surface area contributed by atoms with Gasteiger partial charge in [-0.05, 0) is 25.8 Å². The number of hydrogen-bond donors (Lipinski definition) is 17. The number of aliphatic hydroxyl groups excluding tert-OH is 14. The Morgan fingerprint density at radius 3 is 1.14 bits per heavy atom. The van der Waals surface area contributed by atoms with Gasteiger partial charge >= 0.3 is 11.9 Å². The van der Waals surface area contributed by atoms with E-state index in [0.717, 1.165) is 0 Å². The van der Waals surface area contributed by atoms with Gasteiger partial charge in [0.15, 0.2) is 43.7 Å². The molecule has 10 unspecified atom stereocenters. The van der Waals surface area contributed by atoms with Gasteiger partial charge in [-0.25, -0.2) is 9.59 Å². The van der Waals surface area contributed by atoms with E-state index >= 15 is 0 Å². The van der Waals surface area contributed by atoms with Crippen molar-refractivity contribution in [1.29, 1.82) is 0 Å². The van der Waals surface area contributed by atoms with Crippen LogP contribution in [-0.4, -0.2) is 280 Å². The van der Waals surface area contributed by atoms with Gasteiger partial charge in [-0.15, -0.1) is 0 Å². The molecule has 0 bridgehead atoms. The highest BCUT2D eigenvalue weighted by molar-refractivity contribution is 5.74. The van der Waals surface area contributed by atoms with Crippen LogP contribution in [0.4, 0.5) is 0 Å². The van der Waals surface area contributed by atoms with E-state index in [1.165, 1.54) is 0 Å². The van der Waals surface area contributed by atoms with Crippen LogP contribution in [0, 0.1) is 0 Å². The zero-order valence-corrected chi connectivity index (χ0v) is 33.7. The maximum atomic E-state index is 12.1. The Morgan fingerprint density at radius 1 is 0.406 bits per heavy atom. The first kappa shape index (κ1) is 52.9. The summed E-state index contributed by atoms with van der Waals surface area (Å²) < 4.78 is 54.6. The van der Waals surface area contributed by atoms with Crippen LogP contribution in [0.2, 0.25) is 0 Å². The largest absolute Gasteiger partial charge is 0.479 e. The SMILES string of the molecule is NCCCCCO[C@@H]1OC(C(=O)O)[C@@H](O[C@H]2OC(CO)[C@H](O[C@H]3OC(CO)[C@@H](O[C@@H]4OC(CO)[C@@H](O[C@@H]5OC(C(=O)O)[C@@H](O)C(O)[C@@H]5O)C(O)[C@@H]4O)[C@H](O)C3O)[C@H](O)C2O)C(O)[C@@H]1O. The lowest BCUT2D eigenvalue weighted by Gasteiger charge is -2.49. The maximum Gasteiger partial charge on any atom is 0.335 e. The number of carboxylic acid groups (broad SMARTS) is 2. The standard InChI is InChI=1S/C35H59NO28/c36-4-2-1-3-5-55-31-19(47)17(45)26(28(64-31)30(53)54)62-34-22(50)16(44)24(10(7-38)58-34)60-32-20(48)14(42)23(9(6-37)56-32)59-33-21(49)15(43)25(11(8-39)57-33)61-35-18(46)12(40)13(41)27(63-35)29(51)52/h9-28,31-35,37-50H,1-8,36H2,(H,51,52)(H,53,54)/t9?,10?,11?,12?,13-,14+,15?,16+,17?,18-,19-,20?,21-,22?,23+,24-,25+,26-,27?,28?,31+,32+,33-,34+,35+/m0/s1. The van der Waals surface area contributed by atoms with Gasteiger partial charge in [-0.1, -0.05) is 0 Å². The van der Waals surface area contributed by atoms with Gasteiger partial charge in [0.2, 0.25) is 0 Å². The third kappa shape index (κ3) is 11.4. The second kappa shape index (κ2) is 23.3. The quantitative estimate of drug-likeness (QED) is 0.0535. The summed E-state index contributed by atoms with van der Waals surface area (Å²) in [7, 11) is 0. The summed E-state index contributed by atoms with van der Waals surface area (Å²) in [5.74, 6) is -3.44. The second-order valence-corrected chi connectivity index (χ2v) is 15.7. The molecule has 18 N–H and O–H groups in total. The van der Waals surface area contributed by atoms with Crippen LogP contribution >= 0.6 is 0 Å². The number of rotatable bonds is 19. The van der Waals surface area contributed by atoms with E-state index in [2.05, 4.69) is 0 Å². The Kier molecular flexibility index (Phi) is 19.3. The summed E-state index contributed by atoms with van der Waals surface area (Å²) >= 11 is 0. The van der Waals surface area contributed by atoms with E-state index in [0.29, 0.717) is 25.8 Å². The summed E-state index contributed by atoms with van der Waals surface area (Å²) in [5, 5.41) is 168. The molecule has 5 saturated heterocycles. The molecule has 64 heavy (non-hydrogen) atoms. The molecule has 29 heteroatoms.